The van der Waals surface area contributed by atoms with Crippen LogP contribution in [0.1, 0.15) is 58.7 Å². The highest BCUT2D eigenvalue weighted by Crippen LogP contribution is 2.26. The summed E-state index contributed by atoms with van der Waals surface area (Å²) in [5, 5.41) is 3.68. The normalized spacial score (nSPS) is 24.6. The van der Waals surface area contributed by atoms with E-state index >= 15 is 0 Å². The number of ether oxygens (including phenoxy) is 1. The lowest BCUT2D eigenvalue weighted by molar-refractivity contribution is -0.0231. The Morgan fingerprint density at radius 1 is 1.47 bits per heavy atom. The molecular weight excluding hydrogens is 238 g/mol. The van der Waals surface area contributed by atoms with E-state index in [1.807, 2.05) is 19.4 Å². The van der Waals surface area contributed by atoms with E-state index in [-0.39, 0.29) is 5.60 Å². The largest absolute Gasteiger partial charge is 0.374 e. The third-order valence-electron chi connectivity index (χ3n) is 3.80. The first-order valence-corrected chi connectivity index (χ1v) is 7.42. The van der Waals surface area contributed by atoms with Crippen LogP contribution < -0.4 is 5.32 Å². The van der Waals surface area contributed by atoms with Gasteiger partial charge in [0.15, 0.2) is 0 Å². The molecular formula is C15H27N3O. The zero-order valence-corrected chi connectivity index (χ0v) is 12.6. The Morgan fingerprint density at radius 2 is 2.26 bits per heavy atom. The molecule has 1 aromatic rings. The van der Waals surface area contributed by atoms with Gasteiger partial charge in [-0.05, 0) is 47.0 Å². The minimum Gasteiger partial charge on any atom is -0.374 e. The molecule has 1 aliphatic heterocycles. The monoisotopic (exact) mass is 265 g/mol. The Morgan fingerprint density at radius 3 is 2.95 bits per heavy atom. The van der Waals surface area contributed by atoms with Crippen molar-refractivity contribution in [3.05, 3.63) is 18.2 Å². The van der Waals surface area contributed by atoms with Crippen LogP contribution in [0.15, 0.2) is 12.5 Å². The molecule has 2 unspecified atom stereocenters. The molecule has 1 fully saturated rings. The number of hydrogen-bond donors (Lipinski definition) is 1. The Balaban J connectivity index is 2.09. The van der Waals surface area contributed by atoms with Gasteiger partial charge in [-0.3, -0.25) is 0 Å². The van der Waals surface area contributed by atoms with Crippen molar-refractivity contribution < 1.29 is 4.74 Å². The number of piperidine rings is 1. The topological polar surface area (TPSA) is 39.1 Å². The van der Waals surface area contributed by atoms with Gasteiger partial charge in [-0.2, -0.15) is 0 Å². The second-order valence-corrected chi connectivity index (χ2v) is 6.19. The van der Waals surface area contributed by atoms with Crippen LogP contribution in [0.3, 0.4) is 0 Å². The molecule has 108 valence electrons. The summed E-state index contributed by atoms with van der Waals surface area (Å²) < 4.78 is 8.04. The minimum absolute atomic E-state index is 0.148. The maximum atomic E-state index is 5.80. The number of nitrogens with one attached hydrogen (secondary N) is 1. The summed E-state index contributed by atoms with van der Waals surface area (Å²) in [6.07, 6.45) is 7.69. The summed E-state index contributed by atoms with van der Waals surface area (Å²) in [5.41, 5.74) is 1.14. The van der Waals surface area contributed by atoms with Crippen molar-refractivity contribution in [2.24, 2.45) is 0 Å². The smallest absolute Gasteiger partial charge is 0.0949 e. The third kappa shape index (κ3) is 3.80. The van der Waals surface area contributed by atoms with Crippen LogP contribution in [0.4, 0.5) is 0 Å². The number of imidazole rings is 1. The lowest BCUT2D eigenvalue weighted by Gasteiger charge is -2.31. The van der Waals surface area contributed by atoms with Crippen molar-refractivity contribution in [2.45, 2.75) is 71.2 Å². The highest BCUT2D eigenvalue weighted by Gasteiger charge is 2.25. The van der Waals surface area contributed by atoms with Crippen molar-refractivity contribution in [1.29, 1.82) is 0 Å². The molecule has 0 saturated carbocycles. The van der Waals surface area contributed by atoms with Gasteiger partial charge in [-0.15, -0.1) is 0 Å². The minimum atomic E-state index is -0.148. The molecule has 2 heterocycles. The summed E-state index contributed by atoms with van der Waals surface area (Å²) >= 11 is 0. The summed E-state index contributed by atoms with van der Waals surface area (Å²) in [7, 11) is 0. The van der Waals surface area contributed by atoms with E-state index in [0.29, 0.717) is 12.1 Å². The van der Waals surface area contributed by atoms with Crippen molar-refractivity contribution in [3.8, 4) is 0 Å². The molecule has 2 rings (SSSR count). The van der Waals surface area contributed by atoms with E-state index in [1.165, 1.54) is 25.0 Å². The first-order chi connectivity index (χ1) is 9.02. The summed E-state index contributed by atoms with van der Waals surface area (Å²) in [5.74, 6) is 0. The molecule has 0 radical (unpaired) electrons. The quantitative estimate of drug-likeness (QED) is 0.889. The van der Waals surface area contributed by atoms with E-state index in [1.54, 1.807) is 0 Å². The van der Waals surface area contributed by atoms with Crippen LogP contribution in [0, 0.1) is 0 Å². The summed E-state index contributed by atoms with van der Waals surface area (Å²) in [4.78, 5) is 4.33. The van der Waals surface area contributed by atoms with Crippen LogP contribution in [-0.2, 0) is 11.3 Å². The van der Waals surface area contributed by atoms with Gasteiger partial charge in [-0.1, -0.05) is 0 Å². The first kappa shape index (κ1) is 14.5. The maximum Gasteiger partial charge on any atom is 0.0949 e. The molecule has 0 amide bonds. The molecule has 1 aliphatic rings. The lowest BCUT2D eigenvalue weighted by atomic mass is 9.97. The van der Waals surface area contributed by atoms with Crippen molar-refractivity contribution >= 4 is 0 Å². The molecule has 19 heavy (non-hydrogen) atoms. The molecule has 0 aromatic carbocycles. The zero-order chi connectivity index (χ0) is 13.9. The molecule has 1 N–H and O–H groups in total. The second kappa shape index (κ2) is 6.06. The molecule has 0 spiro atoms. The van der Waals surface area contributed by atoms with Crippen molar-refractivity contribution in [3.63, 3.8) is 0 Å². The molecule has 1 saturated heterocycles. The standard InChI is InChI=1S/C15H27N3O/c1-5-19-15(3,4)10-18-11-16-9-14(18)13-8-6-7-12(2)17-13/h9,11-13,17H,5-8,10H2,1-4H3. The fourth-order valence-electron chi connectivity index (χ4n) is 2.97. The van der Waals surface area contributed by atoms with Crippen LogP contribution in [0.2, 0.25) is 0 Å². The van der Waals surface area contributed by atoms with Crippen LogP contribution in [0.25, 0.3) is 0 Å². The zero-order valence-electron chi connectivity index (χ0n) is 12.6. The SMILES string of the molecule is CCOC(C)(C)Cn1cncc1C1CCCC(C)N1. The van der Waals surface area contributed by atoms with Crippen molar-refractivity contribution in [1.82, 2.24) is 14.9 Å². The first-order valence-electron chi connectivity index (χ1n) is 7.42. The second-order valence-electron chi connectivity index (χ2n) is 6.19. The Bertz CT molecular complexity index is 400. The van der Waals surface area contributed by atoms with Gasteiger partial charge in [-0.25, -0.2) is 4.98 Å². The Kier molecular flexibility index (Phi) is 4.63. The fraction of sp³-hybridized carbons (Fsp3) is 0.800. The number of nitrogens with zero attached hydrogens (tertiary/aromatic N) is 2. The average Bonchev–Trinajstić information content (AvgIpc) is 2.76. The predicted octanol–water partition coefficient (Wildman–Crippen LogP) is 2.90. The van der Waals surface area contributed by atoms with Gasteiger partial charge in [0.05, 0.1) is 24.2 Å². The average molecular weight is 265 g/mol. The summed E-state index contributed by atoms with van der Waals surface area (Å²) in [6.45, 7) is 10.2. The van der Waals surface area contributed by atoms with E-state index in [2.05, 4.69) is 35.6 Å². The van der Waals surface area contributed by atoms with Crippen LogP contribution in [-0.4, -0.2) is 27.8 Å². The highest BCUT2D eigenvalue weighted by atomic mass is 16.5. The fourth-order valence-corrected chi connectivity index (χ4v) is 2.97. The molecule has 1 aromatic heterocycles. The van der Waals surface area contributed by atoms with Crippen LogP contribution in [0.5, 0.6) is 0 Å². The van der Waals surface area contributed by atoms with Gasteiger partial charge in [0.1, 0.15) is 0 Å². The molecule has 2 atom stereocenters. The molecule has 0 aliphatic carbocycles. The molecule has 4 heteroatoms. The number of rotatable bonds is 5. The van der Waals surface area contributed by atoms with Gasteiger partial charge in [0.2, 0.25) is 0 Å². The number of hydrogen-bond acceptors (Lipinski definition) is 3. The molecule has 4 nitrogen and oxygen atoms in total. The van der Waals surface area contributed by atoms with E-state index in [4.69, 9.17) is 4.74 Å². The third-order valence-corrected chi connectivity index (χ3v) is 3.80. The lowest BCUT2D eigenvalue weighted by Crippen LogP contribution is -2.37. The van der Waals surface area contributed by atoms with Crippen LogP contribution >= 0.6 is 0 Å². The van der Waals surface area contributed by atoms with Gasteiger partial charge in [0.25, 0.3) is 0 Å². The van der Waals surface area contributed by atoms with Crippen molar-refractivity contribution in [2.75, 3.05) is 6.61 Å². The number of aromatic nitrogens is 2. The Labute approximate surface area is 116 Å². The Hall–Kier alpha value is -0.870. The van der Waals surface area contributed by atoms with Gasteiger partial charge >= 0.3 is 0 Å². The predicted molar refractivity (Wildman–Crippen MR) is 77.1 cm³/mol. The van der Waals surface area contributed by atoms with Gasteiger partial charge < -0.3 is 14.6 Å². The highest BCUT2D eigenvalue weighted by molar-refractivity contribution is 5.07. The van der Waals surface area contributed by atoms with E-state index in [9.17, 15) is 0 Å². The van der Waals surface area contributed by atoms with Gasteiger partial charge in [0, 0.05) is 24.9 Å². The van der Waals surface area contributed by atoms with E-state index < -0.39 is 0 Å². The summed E-state index contributed by atoms with van der Waals surface area (Å²) in [6, 6.07) is 1.03. The van der Waals surface area contributed by atoms with E-state index in [0.717, 1.165) is 13.2 Å². The maximum absolute atomic E-state index is 5.80. The molecule has 0 bridgehead atoms.